The second-order valence-electron chi connectivity index (χ2n) is 6.53. The van der Waals surface area contributed by atoms with Crippen LogP contribution in [0, 0.1) is 13.8 Å². The number of anilines is 1. The molecule has 0 atom stereocenters. The van der Waals surface area contributed by atoms with E-state index in [1.807, 2.05) is 13.0 Å². The van der Waals surface area contributed by atoms with Crippen molar-refractivity contribution in [3.05, 3.63) is 59.2 Å². The number of aryl methyl sites for hydroxylation is 2. The lowest BCUT2D eigenvalue weighted by atomic mass is 10.2. The first-order valence-corrected chi connectivity index (χ1v) is 10.2. The first-order valence-electron chi connectivity index (χ1n) is 8.70. The third kappa shape index (κ3) is 4.85. The van der Waals surface area contributed by atoms with Crippen LogP contribution in [0.15, 0.2) is 47.4 Å². The van der Waals surface area contributed by atoms with E-state index in [1.165, 1.54) is 0 Å². The number of hydrogen-bond acceptors (Lipinski definition) is 3. The molecule has 0 heterocycles. The Balaban J connectivity index is 2.16. The number of carbonyl (C=O) groups is 1. The van der Waals surface area contributed by atoms with E-state index in [1.54, 1.807) is 55.3 Å². The van der Waals surface area contributed by atoms with Gasteiger partial charge in [0.25, 0.3) is 15.9 Å². The fourth-order valence-electron chi connectivity index (χ4n) is 2.61. The van der Waals surface area contributed by atoms with Crippen LogP contribution in [0.1, 0.15) is 41.3 Å². The molecule has 5 nitrogen and oxygen atoms in total. The summed E-state index contributed by atoms with van der Waals surface area (Å²) in [4.78, 5) is 14.3. The molecule has 0 aromatic heterocycles. The summed E-state index contributed by atoms with van der Waals surface area (Å²) in [5, 5.41) is 0. The van der Waals surface area contributed by atoms with Crippen molar-refractivity contribution in [3.8, 4) is 0 Å². The number of nitrogens with zero attached hydrogens (tertiary/aromatic N) is 1. The third-order valence-electron chi connectivity index (χ3n) is 4.21. The molecule has 2 aromatic carbocycles. The van der Waals surface area contributed by atoms with Crippen molar-refractivity contribution in [2.45, 2.75) is 38.5 Å². The van der Waals surface area contributed by atoms with Crippen LogP contribution >= 0.6 is 0 Å². The quantitative estimate of drug-likeness (QED) is 0.797. The van der Waals surface area contributed by atoms with E-state index in [-0.39, 0.29) is 10.8 Å². The molecule has 0 unspecified atom stereocenters. The molecule has 0 bridgehead atoms. The average Bonchev–Trinajstić information content (AvgIpc) is 2.61. The first kappa shape index (κ1) is 20.0. The Labute approximate surface area is 156 Å². The van der Waals surface area contributed by atoms with Crippen LogP contribution in [0.25, 0.3) is 0 Å². The Kier molecular flexibility index (Phi) is 6.42. The van der Waals surface area contributed by atoms with Gasteiger partial charge in [0.15, 0.2) is 0 Å². The highest BCUT2D eigenvalue weighted by atomic mass is 32.2. The number of amides is 1. The van der Waals surface area contributed by atoms with Crippen LogP contribution in [-0.4, -0.2) is 32.8 Å². The lowest BCUT2D eigenvalue weighted by Gasteiger charge is -2.17. The Morgan fingerprint density at radius 2 is 1.73 bits per heavy atom. The number of nitrogens with one attached hydrogen (secondary N) is 1. The van der Waals surface area contributed by atoms with Crippen LogP contribution in [0.5, 0.6) is 0 Å². The van der Waals surface area contributed by atoms with Gasteiger partial charge in [-0.3, -0.25) is 9.52 Å². The van der Waals surface area contributed by atoms with Gasteiger partial charge in [-0.25, -0.2) is 8.42 Å². The molecule has 0 fully saturated rings. The fourth-order valence-corrected chi connectivity index (χ4v) is 3.99. The van der Waals surface area contributed by atoms with Gasteiger partial charge in [0.1, 0.15) is 0 Å². The Morgan fingerprint density at radius 3 is 2.35 bits per heavy atom. The number of sulfonamides is 1. The SMILES string of the molecule is CCCCN(C)C(=O)c1ccc(NS(=O)(=O)c2cc(C)ccc2C)cc1. The van der Waals surface area contributed by atoms with Crippen molar-refractivity contribution in [1.82, 2.24) is 4.90 Å². The number of rotatable bonds is 7. The van der Waals surface area contributed by atoms with Crippen molar-refractivity contribution in [1.29, 1.82) is 0 Å². The van der Waals surface area contributed by atoms with Gasteiger partial charge in [0.05, 0.1) is 4.90 Å². The van der Waals surface area contributed by atoms with Crippen LogP contribution in [0.4, 0.5) is 5.69 Å². The number of carbonyl (C=O) groups excluding carboxylic acids is 1. The number of benzene rings is 2. The smallest absolute Gasteiger partial charge is 0.262 e. The summed E-state index contributed by atoms with van der Waals surface area (Å²) < 4.78 is 27.8. The molecule has 1 N–H and O–H groups in total. The Hall–Kier alpha value is -2.34. The maximum atomic E-state index is 12.6. The predicted molar refractivity (Wildman–Crippen MR) is 105 cm³/mol. The zero-order valence-corrected chi connectivity index (χ0v) is 16.6. The molecule has 6 heteroatoms. The van der Waals surface area contributed by atoms with Gasteiger partial charge < -0.3 is 4.90 Å². The second-order valence-corrected chi connectivity index (χ2v) is 8.18. The molecule has 26 heavy (non-hydrogen) atoms. The van der Waals surface area contributed by atoms with Crippen molar-refractivity contribution in [2.24, 2.45) is 0 Å². The van der Waals surface area contributed by atoms with E-state index < -0.39 is 10.0 Å². The van der Waals surface area contributed by atoms with Gasteiger partial charge in [-0.1, -0.05) is 25.5 Å². The molecule has 0 aliphatic heterocycles. The van der Waals surface area contributed by atoms with Gasteiger partial charge in [-0.05, 0) is 61.7 Å². The molecule has 0 spiro atoms. The molecule has 140 valence electrons. The topological polar surface area (TPSA) is 66.5 Å². The molecule has 0 aliphatic rings. The number of hydrogen-bond donors (Lipinski definition) is 1. The molecule has 0 radical (unpaired) electrons. The predicted octanol–water partition coefficient (Wildman–Crippen LogP) is 3.98. The summed E-state index contributed by atoms with van der Waals surface area (Å²) >= 11 is 0. The highest BCUT2D eigenvalue weighted by Gasteiger charge is 2.18. The molecule has 1 amide bonds. The third-order valence-corrected chi connectivity index (χ3v) is 5.73. The zero-order valence-electron chi connectivity index (χ0n) is 15.7. The van der Waals surface area contributed by atoms with Gasteiger partial charge >= 0.3 is 0 Å². The maximum absolute atomic E-state index is 12.6. The molecule has 2 aromatic rings. The van der Waals surface area contributed by atoms with Gasteiger partial charge in [0.2, 0.25) is 0 Å². The van der Waals surface area contributed by atoms with E-state index >= 15 is 0 Å². The van der Waals surface area contributed by atoms with Crippen LogP contribution < -0.4 is 4.72 Å². The molecular weight excluding hydrogens is 348 g/mol. The molecule has 0 saturated heterocycles. The summed E-state index contributed by atoms with van der Waals surface area (Å²) in [5.41, 5.74) is 2.54. The standard InChI is InChI=1S/C20H26N2O3S/c1-5-6-13-22(4)20(23)17-9-11-18(12-10-17)21-26(24,25)19-14-15(2)7-8-16(19)3/h7-12,14,21H,5-6,13H2,1-4H3. The average molecular weight is 375 g/mol. The summed E-state index contributed by atoms with van der Waals surface area (Å²) in [7, 11) is -1.90. The minimum atomic E-state index is -3.67. The Bertz CT molecular complexity index is 874. The minimum Gasteiger partial charge on any atom is -0.342 e. The minimum absolute atomic E-state index is 0.0672. The Morgan fingerprint density at radius 1 is 1.08 bits per heavy atom. The van der Waals surface area contributed by atoms with Crippen molar-refractivity contribution in [2.75, 3.05) is 18.3 Å². The molecule has 0 aliphatic carbocycles. The fraction of sp³-hybridized carbons (Fsp3) is 0.350. The van der Waals surface area contributed by atoms with E-state index in [0.717, 1.165) is 18.4 Å². The maximum Gasteiger partial charge on any atom is 0.262 e. The highest BCUT2D eigenvalue weighted by Crippen LogP contribution is 2.21. The second kappa shape index (κ2) is 8.36. The normalized spacial score (nSPS) is 11.2. The zero-order chi connectivity index (χ0) is 19.3. The summed E-state index contributed by atoms with van der Waals surface area (Å²) in [6.07, 6.45) is 1.98. The van der Waals surface area contributed by atoms with Gasteiger partial charge in [0, 0.05) is 24.8 Å². The van der Waals surface area contributed by atoms with Crippen molar-refractivity contribution in [3.63, 3.8) is 0 Å². The largest absolute Gasteiger partial charge is 0.342 e. The van der Waals surface area contributed by atoms with Gasteiger partial charge in [-0.15, -0.1) is 0 Å². The lowest BCUT2D eigenvalue weighted by Crippen LogP contribution is -2.27. The van der Waals surface area contributed by atoms with E-state index in [0.29, 0.717) is 23.4 Å². The van der Waals surface area contributed by atoms with Crippen LogP contribution in [0.3, 0.4) is 0 Å². The lowest BCUT2D eigenvalue weighted by molar-refractivity contribution is 0.0793. The van der Waals surface area contributed by atoms with Gasteiger partial charge in [-0.2, -0.15) is 0 Å². The first-order chi connectivity index (χ1) is 12.2. The summed E-state index contributed by atoms with van der Waals surface area (Å²) in [6, 6.07) is 11.8. The van der Waals surface area contributed by atoms with E-state index in [2.05, 4.69) is 11.6 Å². The van der Waals surface area contributed by atoms with Crippen molar-refractivity contribution < 1.29 is 13.2 Å². The molecular formula is C20H26N2O3S. The summed E-state index contributed by atoms with van der Waals surface area (Å²) in [5.74, 6) is -0.0672. The van der Waals surface area contributed by atoms with Crippen LogP contribution in [-0.2, 0) is 10.0 Å². The molecule has 0 saturated carbocycles. The van der Waals surface area contributed by atoms with Crippen molar-refractivity contribution >= 4 is 21.6 Å². The summed E-state index contributed by atoms with van der Waals surface area (Å²) in [6.45, 7) is 6.40. The highest BCUT2D eigenvalue weighted by molar-refractivity contribution is 7.92. The van der Waals surface area contributed by atoms with E-state index in [9.17, 15) is 13.2 Å². The number of unbranched alkanes of at least 4 members (excludes halogenated alkanes) is 1. The van der Waals surface area contributed by atoms with E-state index in [4.69, 9.17) is 0 Å². The molecule has 2 rings (SSSR count). The monoisotopic (exact) mass is 374 g/mol. The van der Waals surface area contributed by atoms with Crippen LogP contribution in [0.2, 0.25) is 0 Å².